The Morgan fingerprint density at radius 2 is 2.10 bits per heavy atom. The number of hydrogen-bond donors (Lipinski definition) is 2. The molecular weight excluding hydrogens is 364 g/mol. The van der Waals surface area contributed by atoms with Gasteiger partial charge in [-0.1, -0.05) is 6.07 Å². The maximum Gasteiger partial charge on any atom is 0.227 e. The van der Waals surface area contributed by atoms with Crippen molar-refractivity contribution in [2.45, 2.75) is 51.1 Å². The van der Waals surface area contributed by atoms with Crippen LogP contribution in [0.2, 0.25) is 0 Å². The van der Waals surface area contributed by atoms with Gasteiger partial charge in [-0.15, -0.1) is 0 Å². The summed E-state index contributed by atoms with van der Waals surface area (Å²) >= 11 is 0. The minimum absolute atomic E-state index is 0.117. The summed E-state index contributed by atoms with van der Waals surface area (Å²) < 4.78 is 0. The number of pyridine rings is 2. The summed E-state index contributed by atoms with van der Waals surface area (Å²) in [6, 6.07) is 7.74. The summed E-state index contributed by atoms with van der Waals surface area (Å²) in [5.74, 6) is 1.75. The quantitative estimate of drug-likeness (QED) is 0.821. The molecule has 4 heterocycles. The van der Waals surface area contributed by atoms with Crippen LogP contribution < -0.4 is 10.6 Å². The first kappa shape index (κ1) is 19.4. The van der Waals surface area contributed by atoms with Crippen LogP contribution in [0.15, 0.2) is 47.8 Å². The standard InChI is InChI=1S/C22H28N6O/c1-21(2,3)27-20-22(26-17-8-5-11-24-19(17)25-20)9-6-12-28(15-22)18(29)13-16-7-4-10-23-14-16/h4-5,7-8,10-11,14,26H,6,9,12-13,15H2,1-3H3,(H,24,25,27). The fourth-order valence-corrected chi connectivity index (χ4v) is 3.98. The second-order valence-electron chi connectivity index (χ2n) is 8.82. The molecule has 7 nitrogen and oxygen atoms in total. The number of nitrogens with zero attached hydrogens (tertiary/aromatic N) is 4. The molecule has 2 N–H and O–H groups in total. The molecule has 1 saturated heterocycles. The van der Waals surface area contributed by atoms with Crippen LogP contribution in [-0.2, 0) is 11.2 Å². The van der Waals surface area contributed by atoms with Crippen LogP contribution in [-0.4, -0.2) is 50.8 Å². The van der Waals surface area contributed by atoms with Crippen molar-refractivity contribution in [1.29, 1.82) is 0 Å². The number of fused-ring (bicyclic) bond motifs is 1. The molecule has 0 bridgehead atoms. The van der Waals surface area contributed by atoms with E-state index in [1.165, 1.54) is 0 Å². The highest BCUT2D eigenvalue weighted by Gasteiger charge is 2.45. The van der Waals surface area contributed by atoms with Crippen LogP contribution in [0.5, 0.6) is 0 Å². The summed E-state index contributed by atoms with van der Waals surface area (Å²) in [7, 11) is 0. The van der Waals surface area contributed by atoms with Crippen LogP contribution >= 0.6 is 0 Å². The van der Waals surface area contributed by atoms with Crippen LogP contribution in [0.4, 0.5) is 11.5 Å². The molecule has 4 rings (SSSR count). The average Bonchev–Trinajstić information content (AvgIpc) is 2.68. The molecule has 2 aromatic rings. The molecule has 2 aliphatic heterocycles. The Morgan fingerprint density at radius 3 is 2.86 bits per heavy atom. The Hall–Kier alpha value is -2.96. The Kier molecular flexibility index (Phi) is 4.98. The number of piperidine rings is 1. The van der Waals surface area contributed by atoms with E-state index in [9.17, 15) is 4.79 Å². The van der Waals surface area contributed by atoms with Crippen molar-refractivity contribution in [3.63, 3.8) is 0 Å². The molecule has 1 unspecified atom stereocenters. The van der Waals surface area contributed by atoms with Gasteiger partial charge < -0.3 is 15.5 Å². The van der Waals surface area contributed by atoms with Crippen molar-refractivity contribution in [2.75, 3.05) is 23.7 Å². The van der Waals surface area contributed by atoms with Crippen molar-refractivity contribution in [1.82, 2.24) is 14.9 Å². The van der Waals surface area contributed by atoms with Crippen molar-refractivity contribution >= 4 is 23.2 Å². The van der Waals surface area contributed by atoms with E-state index in [2.05, 4.69) is 41.4 Å². The van der Waals surface area contributed by atoms with Gasteiger partial charge in [0.1, 0.15) is 11.4 Å². The van der Waals surface area contributed by atoms with Crippen LogP contribution in [0.25, 0.3) is 0 Å². The molecule has 1 amide bonds. The summed E-state index contributed by atoms with van der Waals surface area (Å²) in [6.07, 6.45) is 7.42. The van der Waals surface area contributed by atoms with E-state index in [1.807, 2.05) is 29.2 Å². The molecular formula is C22H28N6O. The van der Waals surface area contributed by atoms with Crippen molar-refractivity contribution in [2.24, 2.45) is 4.99 Å². The van der Waals surface area contributed by atoms with E-state index in [1.54, 1.807) is 18.6 Å². The Bertz CT molecular complexity index is 920. The number of aliphatic imine (C=N–C) groups is 1. The third-order valence-electron chi connectivity index (χ3n) is 5.24. The number of carbonyl (C=O) groups is 1. The second-order valence-corrected chi connectivity index (χ2v) is 8.82. The van der Waals surface area contributed by atoms with Gasteiger partial charge in [0.05, 0.1) is 24.2 Å². The minimum atomic E-state index is -0.438. The first-order chi connectivity index (χ1) is 13.8. The third kappa shape index (κ3) is 4.23. The summed E-state index contributed by atoms with van der Waals surface area (Å²) in [4.78, 5) is 28.5. The minimum Gasteiger partial charge on any atom is -0.368 e. The molecule has 1 spiro atoms. The smallest absolute Gasteiger partial charge is 0.227 e. The van der Waals surface area contributed by atoms with Gasteiger partial charge in [-0.3, -0.25) is 14.8 Å². The number of likely N-dealkylation sites (tertiary alicyclic amines) is 1. The van der Waals surface area contributed by atoms with E-state index in [-0.39, 0.29) is 11.4 Å². The molecule has 0 aliphatic carbocycles. The lowest BCUT2D eigenvalue weighted by molar-refractivity contribution is -0.131. The number of carbonyl (C=O) groups excluding carboxylic acids is 1. The largest absolute Gasteiger partial charge is 0.368 e. The van der Waals surface area contributed by atoms with Crippen LogP contribution in [0.3, 0.4) is 0 Å². The normalized spacial score (nSPS) is 22.7. The lowest BCUT2D eigenvalue weighted by Gasteiger charge is -2.47. The predicted octanol–water partition coefficient (Wildman–Crippen LogP) is 3.11. The molecule has 152 valence electrons. The van der Waals surface area contributed by atoms with Gasteiger partial charge in [-0.25, -0.2) is 4.98 Å². The van der Waals surface area contributed by atoms with E-state index in [4.69, 9.17) is 4.99 Å². The number of nitrogens with one attached hydrogen (secondary N) is 2. The summed E-state index contributed by atoms with van der Waals surface area (Å²) in [5, 5.41) is 7.12. The fourth-order valence-electron chi connectivity index (χ4n) is 3.98. The van der Waals surface area contributed by atoms with Crippen molar-refractivity contribution < 1.29 is 4.79 Å². The van der Waals surface area contributed by atoms with Crippen LogP contribution in [0, 0.1) is 0 Å². The van der Waals surface area contributed by atoms with Gasteiger partial charge in [0, 0.05) is 25.1 Å². The lowest BCUT2D eigenvalue weighted by Crippen LogP contribution is -2.63. The summed E-state index contributed by atoms with van der Waals surface area (Å²) in [6.45, 7) is 7.57. The van der Waals surface area contributed by atoms with Gasteiger partial charge in [0.2, 0.25) is 5.91 Å². The predicted molar refractivity (Wildman–Crippen MR) is 115 cm³/mol. The van der Waals surface area contributed by atoms with Gasteiger partial charge in [-0.05, 0) is 57.4 Å². The van der Waals surface area contributed by atoms with Gasteiger partial charge in [-0.2, -0.15) is 0 Å². The fraction of sp³-hybridized carbons (Fsp3) is 0.455. The van der Waals surface area contributed by atoms with Crippen molar-refractivity contribution in [3.05, 3.63) is 48.4 Å². The molecule has 1 atom stereocenters. The number of anilines is 2. The van der Waals surface area contributed by atoms with E-state index >= 15 is 0 Å². The SMILES string of the molecule is CC(C)(C)N=C1Nc2ncccc2NC12CCCN(C(=O)Cc1cccnc1)C2. The van der Waals surface area contributed by atoms with Gasteiger partial charge >= 0.3 is 0 Å². The average molecular weight is 393 g/mol. The van der Waals surface area contributed by atoms with E-state index < -0.39 is 5.54 Å². The highest BCUT2D eigenvalue weighted by molar-refractivity contribution is 6.09. The zero-order valence-corrected chi connectivity index (χ0v) is 17.3. The number of hydrogen-bond acceptors (Lipinski definition) is 5. The zero-order valence-electron chi connectivity index (χ0n) is 17.3. The molecule has 1 fully saturated rings. The maximum atomic E-state index is 13.0. The number of amidine groups is 1. The van der Waals surface area contributed by atoms with Crippen LogP contribution in [0.1, 0.15) is 39.2 Å². The third-order valence-corrected chi connectivity index (χ3v) is 5.24. The molecule has 29 heavy (non-hydrogen) atoms. The second kappa shape index (κ2) is 7.46. The molecule has 7 heteroatoms. The van der Waals surface area contributed by atoms with Crippen molar-refractivity contribution in [3.8, 4) is 0 Å². The lowest BCUT2D eigenvalue weighted by atomic mass is 9.85. The summed E-state index contributed by atoms with van der Waals surface area (Å²) in [5.41, 5.74) is 1.20. The van der Waals surface area contributed by atoms with Gasteiger partial charge in [0.15, 0.2) is 5.82 Å². The van der Waals surface area contributed by atoms with Gasteiger partial charge in [0.25, 0.3) is 0 Å². The monoisotopic (exact) mass is 392 g/mol. The Labute approximate surface area is 171 Å². The molecule has 2 aromatic heterocycles. The number of amides is 1. The highest BCUT2D eigenvalue weighted by atomic mass is 16.2. The van der Waals surface area contributed by atoms with E-state index in [0.29, 0.717) is 13.0 Å². The Balaban J connectivity index is 1.63. The first-order valence-electron chi connectivity index (χ1n) is 10.1. The first-order valence-corrected chi connectivity index (χ1v) is 10.1. The maximum absolute atomic E-state index is 13.0. The molecule has 0 aromatic carbocycles. The topological polar surface area (TPSA) is 82.5 Å². The molecule has 2 aliphatic rings. The zero-order chi connectivity index (χ0) is 20.5. The number of aromatic nitrogens is 2. The molecule has 0 radical (unpaired) electrons. The highest BCUT2D eigenvalue weighted by Crippen LogP contribution is 2.36. The molecule has 0 saturated carbocycles. The Morgan fingerprint density at radius 1 is 1.28 bits per heavy atom. The number of rotatable bonds is 2. The van der Waals surface area contributed by atoms with E-state index in [0.717, 1.165) is 42.3 Å².